The fourth-order valence-electron chi connectivity index (χ4n) is 4.98. The first-order valence-electron chi connectivity index (χ1n) is 12.7. The predicted octanol–water partition coefficient (Wildman–Crippen LogP) is 10.6. The van der Waals surface area contributed by atoms with Crippen LogP contribution in [0.5, 0.6) is 0 Å². The van der Waals surface area contributed by atoms with E-state index < -0.39 is 0 Å². The third-order valence-electron chi connectivity index (χ3n) is 6.97. The fraction of sp³-hybridized carbons (Fsp3) is 0.0606. The Kier molecular flexibility index (Phi) is 7.39. The number of nitrogens with zero attached hydrogens (tertiary/aromatic N) is 3. The molecule has 0 saturated heterocycles. The summed E-state index contributed by atoms with van der Waals surface area (Å²) in [4.78, 5) is 10.5. The van der Waals surface area contributed by atoms with Crippen LogP contribution >= 0.6 is 46.8 Å². The van der Waals surface area contributed by atoms with Crippen molar-refractivity contribution >= 4 is 46.8 Å². The number of hydrogen-bond donors (Lipinski definition) is 0. The molecule has 0 aliphatic carbocycles. The molecule has 6 rings (SSSR count). The highest BCUT2D eigenvalue weighted by Crippen LogP contribution is 2.43. The predicted molar refractivity (Wildman–Crippen MR) is 171 cm³/mol. The van der Waals surface area contributed by atoms with Gasteiger partial charge in [0.25, 0.3) is 0 Å². The van der Waals surface area contributed by atoms with Gasteiger partial charge in [-0.3, -0.25) is 14.5 Å². The van der Waals surface area contributed by atoms with Crippen LogP contribution in [0, 0.1) is 17.8 Å². The molecule has 0 bridgehead atoms. The van der Waals surface area contributed by atoms with E-state index in [9.17, 15) is 0 Å². The van der Waals surface area contributed by atoms with Crippen molar-refractivity contribution in [2.45, 2.75) is 13.8 Å². The van der Waals surface area contributed by atoms with Crippen LogP contribution < -0.4 is 0 Å². The van der Waals surface area contributed by atoms with E-state index in [-0.39, 0.29) is 0 Å². The van der Waals surface area contributed by atoms with Gasteiger partial charge in [0.15, 0.2) is 3.95 Å². The molecule has 7 heteroatoms. The Morgan fingerprint density at radius 2 is 1.05 bits per heavy atom. The maximum Gasteiger partial charge on any atom is 0.166 e. The van der Waals surface area contributed by atoms with Gasteiger partial charge in [-0.1, -0.05) is 89.9 Å². The molecule has 3 aromatic carbocycles. The van der Waals surface area contributed by atoms with Crippen LogP contribution in [0.15, 0.2) is 103 Å². The van der Waals surface area contributed by atoms with Gasteiger partial charge in [0.05, 0.1) is 27.1 Å². The maximum atomic E-state index is 6.17. The molecule has 0 aliphatic rings. The smallest absolute Gasteiger partial charge is 0.166 e. The van der Waals surface area contributed by atoms with Crippen molar-refractivity contribution in [3.05, 3.63) is 128 Å². The van der Waals surface area contributed by atoms with Gasteiger partial charge in [-0.05, 0) is 61.5 Å². The first-order valence-corrected chi connectivity index (χ1v) is 14.7. The van der Waals surface area contributed by atoms with Crippen molar-refractivity contribution in [2.75, 3.05) is 0 Å². The van der Waals surface area contributed by atoms with Crippen molar-refractivity contribution < 1.29 is 0 Å². The summed E-state index contributed by atoms with van der Waals surface area (Å²) in [7, 11) is 0. The summed E-state index contributed by atoms with van der Waals surface area (Å²) in [5.74, 6) is 0. The number of aromatic nitrogens is 3. The molecule has 0 aliphatic heterocycles. The molecule has 0 atom stereocenters. The van der Waals surface area contributed by atoms with Crippen molar-refractivity contribution in [3.8, 4) is 50.5 Å². The monoisotopic (exact) mass is 595 g/mol. The van der Waals surface area contributed by atoms with E-state index in [0.717, 1.165) is 60.1 Å². The highest BCUT2D eigenvalue weighted by molar-refractivity contribution is 7.73. The summed E-state index contributed by atoms with van der Waals surface area (Å²) in [6.45, 7) is 4.24. The van der Waals surface area contributed by atoms with Crippen LogP contribution in [0.3, 0.4) is 0 Å². The number of para-hydroxylation sites is 1. The highest BCUT2D eigenvalue weighted by atomic mass is 35.5. The molecule has 40 heavy (non-hydrogen) atoms. The van der Waals surface area contributed by atoms with E-state index in [0.29, 0.717) is 10.0 Å². The molecule has 0 fully saturated rings. The lowest BCUT2D eigenvalue weighted by Crippen LogP contribution is -2.04. The molecule has 3 aromatic heterocycles. The normalized spacial score (nSPS) is 11.1. The molecule has 196 valence electrons. The Morgan fingerprint density at radius 1 is 0.600 bits per heavy atom. The molecule has 0 amide bonds. The maximum absolute atomic E-state index is 6.17. The first-order chi connectivity index (χ1) is 19.4. The van der Waals surface area contributed by atoms with Crippen molar-refractivity contribution in [1.82, 2.24) is 14.5 Å². The molecule has 0 N–H and O–H groups in total. The minimum Gasteiger partial charge on any atom is -0.295 e. The van der Waals surface area contributed by atoms with E-state index in [2.05, 4.69) is 83.0 Å². The number of thiazole rings is 1. The molecule has 3 nitrogen and oxygen atoms in total. The molecule has 0 unspecified atom stereocenters. The van der Waals surface area contributed by atoms with Gasteiger partial charge in [0.2, 0.25) is 0 Å². The molecular weight excluding hydrogens is 573 g/mol. The first kappa shape index (κ1) is 26.6. The lowest BCUT2D eigenvalue weighted by molar-refractivity contribution is 0.998. The van der Waals surface area contributed by atoms with E-state index in [4.69, 9.17) is 35.4 Å². The standard InChI is InChI=1S/C33H23Cl2N3S2/c1-20-21(2)40-33(39)38(20)32-28(24-8-3-5-10-26(24)30-16-14-22(34)18-36-30)12-7-13-29(32)25-9-4-6-11-27(25)31-17-15-23(35)19-37-31/h3-19H,1-2H3. The van der Waals surface area contributed by atoms with E-state index in [1.807, 2.05) is 36.4 Å². The average molecular weight is 597 g/mol. The van der Waals surface area contributed by atoms with Gasteiger partial charge >= 0.3 is 0 Å². The van der Waals surface area contributed by atoms with E-state index in [1.54, 1.807) is 23.7 Å². The third kappa shape index (κ3) is 4.91. The van der Waals surface area contributed by atoms with Gasteiger partial charge in [-0.25, -0.2) is 0 Å². The van der Waals surface area contributed by atoms with Crippen LogP contribution in [0.1, 0.15) is 10.6 Å². The van der Waals surface area contributed by atoms with Crippen LogP contribution in [0.4, 0.5) is 0 Å². The highest BCUT2D eigenvalue weighted by Gasteiger charge is 2.21. The minimum atomic E-state index is 0.604. The van der Waals surface area contributed by atoms with Gasteiger partial charge in [-0.2, -0.15) is 0 Å². The molecule has 6 aromatic rings. The summed E-state index contributed by atoms with van der Waals surface area (Å²) in [5, 5.41) is 1.21. The van der Waals surface area contributed by atoms with Gasteiger partial charge in [0, 0.05) is 45.2 Å². The second-order valence-electron chi connectivity index (χ2n) is 9.36. The number of pyridine rings is 2. The lowest BCUT2D eigenvalue weighted by Gasteiger charge is -2.21. The zero-order chi connectivity index (χ0) is 27.8. The largest absolute Gasteiger partial charge is 0.295 e. The van der Waals surface area contributed by atoms with Crippen molar-refractivity contribution in [1.29, 1.82) is 0 Å². The SMILES string of the molecule is Cc1sc(=S)n(-c2c(-c3ccccc3-c3ccc(Cl)cn3)cccc2-c2ccccc2-c2ccc(Cl)cn2)c1C. The number of benzene rings is 3. The summed E-state index contributed by atoms with van der Waals surface area (Å²) in [5.41, 5.74) is 10.1. The zero-order valence-corrected chi connectivity index (χ0v) is 24.9. The fourth-order valence-corrected chi connectivity index (χ4v) is 6.62. The average Bonchev–Trinajstić information content (AvgIpc) is 3.23. The number of hydrogen-bond acceptors (Lipinski definition) is 4. The zero-order valence-electron chi connectivity index (χ0n) is 21.7. The van der Waals surface area contributed by atoms with Gasteiger partial charge in [-0.15, -0.1) is 11.3 Å². The van der Waals surface area contributed by atoms with Crippen molar-refractivity contribution in [3.63, 3.8) is 0 Å². The van der Waals surface area contributed by atoms with Crippen LogP contribution in [-0.4, -0.2) is 14.5 Å². The Bertz CT molecular complexity index is 1800. The summed E-state index contributed by atoms with van der Waals surface area (Å²) in [6, 6.07) is 30.7. The minimum absolute atomic E-state index is 0.604. The molecule has 0 radical (unpaired) electrons. The second-order valence-corrected chi connectivity index (χ2v) is 12.1. The Labute approximate surface area is 252 Å². The molecule has 0 spiro atoms. The van der Waals surface area contributed by atoms with Crippen LogP contribution in [-0.2, 0) is 0 Å². The van der Waals surface area contributed by atoms with Crippen LogP contribution in [0.25, 0.3) is 50.5 Å². The molecule has 0 saturated carbocycles. The summed E-state index contributed by atoms with van der Waals surface area (Å²) < 4.78 is 3.01. The van der Waals surface area contributed by atoms with E-state index >= 15 is 0 Å². The Balaban J connectivity index is 1.69. The number of halogens is 2. The quantitative estimate of drug-likeness (QED) is 0.186. The van der Waals surface area contributed by atoms with E-state index in [1.165, 1.54) is 4.88 Å². The van der Waals surface area contributed by atoms with Crippen molar-refractivity contribution in [2.24, 2.45) is 0 Å². The Morgan fingerprint density at radius 3 is 1.45 bits per heavy atom. The topological polar surface area (TPSA) is 30.7 Å². The third-order valence-corrected chi connectivity index (χ3v) is 8.81. The summed E-state index contributed by atoms with van der Waals surface area (Å²) >= 11 is 19.9. The number of aryl methyl sites for hydroxylation is 1. The molecular formula is C33H23Cl2N3S2. The second kappa shape index (κ2) is 11.1. The van der Waals surface area contributed by atoms with Gasteiger partial charge in [0.1, 0.15) is 0 Å². The van der Waals surface area contributed by atoms with Crippen LogP contribution in [0.2, 0.25) is 10.0 Å². The van der Waals surface area contributed by atoms with Gasteiger partial charge < -0.3 is 0 Å². The molecule has 3 heterocycles. The number of rotatable bonds is 5. The summed E-state index contributed by atoms with van der Waals surface area (Å²) in [6.07, 6.45) is 3.37. The Hall–Kier alpha value is -3.61. The lowest BCUT2D eigenvalue weighted by atomic mass is 9.89.